The third kappa shape index (κ3) is 6.22. The zero-order chi connectivity index (χ0) is 15.0. The van der Waals surface area contributed by atoms with Crippen LogP contribution in [0, 0.1) is 11.3 Å². The second kappa shape index (κ2) is 8.19. The van der Waals surface area contributed by atoms with E-state index in [-0.39, 0.29) is 5.96 Å². The molecule has 1 aliphatic heterocycles. The number of benzene rings is 1. The Kier molecular flexibility index (Phi) is 6.56. The van der Waals surface area contributed by atoms with Gasteiger partial charge in [0.25, 0.3) is 5.97 Å². The quantitative estimate of drug-likeness (QED) is 0.569. The van der Waals surface area contributed by atoms with E-state index in [1.54, 1.807) is 0 Å². The monoisotopic (exact) mass is 277 g/mol. The van der Waals surface area contributed by atoms with E-state index in [9.17, 15) is 0 Å². The molecule has 1 aromatic rings. The van der Waals surface area contributed by atoms with Crippen molar-refractivity contribution in [2.24, 2.45) is 11.7 Å². The Labute approximate surface area is 119 Å². The fourth-order valence-electron chi connectivity index (χ4n) is 2.33. The van der Waals surface area contributed by atoms with Gasteiger partial charge in [0.05, 0.1) is 0 Å². The van der Waals surface area contributed by atoms with Crippen LogP contribution in [-0.4, -0.2) is 35.0 Å². The Morgan fingerprint density at radius 2 is 1.85 bits per heavy atom. The topological polar surface area (TPSA) is 90.4 Å². The molecular formula is C15H23N3O2. The van der Waals surface area contributed by atoms with Gasteiger partial charge in [0.1, 0.15) is 0 Å². The SMILES string of the molecule is CC(=O)O.N=C(N)N1CCC(Cc2ccccc2)CC1. The number of aliphatic carboxylic acids is 1. The maximum atomic E-state index is 9.00. The third-order valence-corrected chi connectivity index (χ3v) is 3.32. The van der Waals surface area contributed by atoms with Crippen molar-refractivity contribution in [2.45, 2.75) is 26.2 Å². The molecule has 1 aromatic carbocycles. The molecule has 0 aliphatic carbocycles. The fraction of sp³-hybridized carbons (Fsp3) is 0.467. The maximum absolute atomic E-state index is 9.00. The molecule has 0 amide bonds. The van der Waals surface area contributed by atoms with E-state index < -0.39 is 5.97 Å². The Morgan fingerprint density at radius 3 is 2.30 bits per heavy atom. The van der Waals surface area contributed by atoms with Gasteiger partial charge >= 0.3 is 0 Å². The van der Waals surface area contributed by atoms with Gasteiger partial charge in [-0.3, -0.25) is 10.2 Å². The molecule has 5 heteroatoms. The van der Waals surface area contributed by atoms with Crippen molar-refractivity contribution in [2.75, 3.05) is 13.1 Å². The number of rotatable bonds is 2. The van der Waals surface area contributed by atoms with Crippen LogP contribution in [0.2, 0.25) is 0 Å². The average Bonchev–Trinajstić information content (AvgIpc) is 2.40. The van der Waals surface area contributed by atoms with Crippen molar-refractivity contribution in [1.82, 2.24) is 4.90 Å². The summed E-state index contributed by atoms with van der Waals surface area (Å²) in [6, 6.07) is 10.6. The van der Waals surface area contributed by atoms with Crippen molar-refractivity contribution in [3.8, 4) is 0 Å². The Morgan fingerprint density at radius 1 is 1.35 bits per heavy atom. The average molecular weight is 277 g/mol. The van der Waals surface area contributed by atoms with Crippen molar-refractivity contribution in [3.63, 3.8) is 0 Å². The van der Waals surface area contributed by atoms with Crippen LogP contribution in [0.3, 0.4) is 0 Å². The number of carbonyl (C=O) groups is 1. The van der Waals surface area contributed by atoms with E-state index in [0.29, 0.717) is 0 Å². The second-order valence-electron chi connectivity index (χ2n) is 5.02. The number of carboxylic acid groups (broad SMARTS) is 1. The summed E-state index contributed by atoms with van der Waals surface area (Å²) >= 11 is 0. The van der Waals surface area contributed by atoms with Gasteiger partial charge in [-0.2, -0.15) is 0 Å². The van der Waals surface area contributed by atoms with E-state index in [0.717, 1.165) is 45.2 Å². The lowest BCUT2D eigenvalue weighted by Gasteiger charge is -2.32. The van der Waals surface area contributed by atoms with Crippen LogP contribution in [0.5, 0.6) is 0 Å². The highest BCUT2D eigenvalue weighted by Crippen LogP contribution is 2.21. The van der Waals surface area contributed by atoms with Gasteiger partial charge in [-0.1, -0.05) is 30.3 Å². The largest absolute Gasteiger partial charge is 0.481 e. The Balaban J connectivity index is 0.000000444. The summed E-state index contributed by atoms with van der Waals surface area (Å²) in [5, 5.41) is 14.8. The first kappa shape index (κ1) is 16.0. The molecule has 0 aromatic heterocycles. The summed E-state index contributed by atoms with van der Waals surface area (Å²) in [4.78, 5) is 11.0. The molecule has 0 radical (unpaired) electrons. The molecular weight excluding hydrogens is 254 g/mol. The van der Waals surface area contributed by atoms with Crippen molar-refractivity contribution in [3.05, 3.63) is 35.9 Å². The highest BCUT2D eigenvalue weighted by molar-refractivity contribution is 5.74. The van der Waals surface area contributed by atoms with E-state index in [1.165, 1.54) is 5.56 Å². The van der Waals surface area contributed by atoms with Crippen molar-refractivity contribution < 1.29 is 9.90 Å². The molecule has 1 saturated heterocycles. The molecule has 0 atom stereocenters. The number of nitrogens with one attached hydrogen (secondary N) is 1. The van der Waals surface area contributed by atoms with E-state index in [4.69, 9.17) is 21.0 Å². The molecule has 2 rings (SSSR count). The van der Waals surface area contributed by atoms with Gasteiger partial charge in [0.15, 0.2) is 5.96 Å². The number of guanidine groups is 1. The Hall–Kier alpha value is -2.04. The first-order valence-electron chi connectivity index (χ1n) is 6.81. The number of nitrogens with zero attached hydrogens (tertiary/aromatic N) is 1. The van der Waals surface area contributed by atoms with E-state index in [2.05, 4.69) is 30.3 Å². The van der Waals surface area contributed by atoms with Crippen LogP contribution in [0.15, 0.2) is 30.3 Å². The molecule has 1 fully saturated rings. The highest BCUT2D eigenvalue weighted by Gasteiger charge is 2.19. The second-order valence-corrected chi connectivity index (χ2v) is 5.02. The van der Waals surface area contributed by atoms with Gasteiger partial charge in [0, 0.05) is 20.0 Å². The lowest BCUT2D eigenvalue weighted by atomic mass is 9.90. The van der Waals surface area contributed by atoms with Crippen LogP contribution in [0.4, 0.5) is 0 Å². The van der Waals surface area contributed by atoms with E-state index >= 15 is 0 Å². The molecule has 110 valence electrons. The minimum atomic E-state index is -0.833. The number of likely N-dealkylation sites (tertiary alicyclic amines) is 1. The fourth-order valence-corrected chi connectivity index (χ4v) is 2.33. The van der Waals surface area contributed by atoms with Gasteiger partial charge in [-0.25, -0.2) is 0 Å². The van der Waals surface area contributed by atoms with Crippen LogP contribution < -0.4 is 5.73 Å². The predicted octanol–water partition coefficient (Wildman–Crippen LogP) is 1.93. The molecule has 1 aliphatic rings. The van der Waals surface area contributed by atoms with Crippen LogP contribution in [-0.2, 0) is 11.2 Å². The minimum Gasteiger partial charge on any atom is -0.481 e. The molecule has 4 N–H and O–H groups in total. The summed E-state index contributed by atoms with van der Waals surface area (Å²) < 4.78 is 0. The number of hydrogen-bond acceptors (Lipinski definition) is 2. The molecule has 5 nitrogen and oxygen atoms in total. The molecule has 0 spiro atoms. The number of hydrogen-bond donors (Lipinski definition) is 3. The van der Waals surface area contributed by atoms with E-state index in [1.807, 2.05) is 4.90 Å². The predicted molar refractivity (Wildman–Crippen MR) is 79.7 cm³/mol. The zero-order valence-electron chi connectivity index (χ0n) is 11.9. The molecule has 1 heterocycles. The molecule has 0 unspecified atom stereocenters. The maximum Gasteiger partial charge on any atom is 0.300 e. The van der Waals surface area contributed by atoms with Gasteiger partial charge < -0.3 is 15.7 Å². The summed E-state index contributed by atoms with van der Waals surface area (Å²) in [5.74, 6) is 0.135. The van der Waals surface area contributed by atoms with Gasteiger partial charge in [0.2, 0.25) is 0 Å². The summed E-state index contributed by atoms with van der Waals surface area (Å²) in [6.45, 7) is 2.96. The number of nitrogens with two attached hydrogens (primary N) is 1. The van der Waals surface area contributed by atoms with Crippen molar-refractivity contribution >= 4 is 11.9 Å². The van der Waals surface area contributed by atoms with Gasteiger partial charge in [-0.15, -0.1) is 0 Å². The minimum absolute atomic E-state index is 0.221. The van der Waals surface area contributed by atoms with Crippen LogP contribution in [0.25, 0.3) is 0 Å². The number of piperidine rings is 1. The number of carboxylic acids is 1. The summed E-state index contributed by atoms with van der Waals surface area (Å²) in [7, 11) is 0. The first-order valence-corrected chi connectivity index (χ1v) is 6.81. The summed E-state index contributed by atoms with van der Waals surface area (Å²) in [5.41, 5.74) is 6.89. The lowest BCUT2D eigenvalue weighted by Crippen LogP contribution is -2.42. The van der Waals surface area contributed by atoms with Gasteiger partial charge in [-0.05, 0) is 30.7 Å². The standard InChI is InChI=1S/C13H19N3.C2H4O2/c14-13(15)16-8-6-12(7-9-16)10-11-4-2-1-3-5-11;1-2(3)4/h1-5,12H,6-10H2,(H3,14,15);1H3,(H,3,4). The first-order chi connectivity index (χ1) is 9.49. The molecule has 0 saturated carbocycles. The van der Waals surface area contributed by atoms with Crippen LogP contribution in [0.1, 0.15) is 25.3 Å². The third-order valence-electron chi connectivity index (χ3n) is 3.32. The smallest absolute Gasteiger partial charge is 0.300 e. The normalized spacial score (nSPS) is 15.2. The highest BCUT2D eigenvalue weighted by atomic mass is 16.4. The molecule has 0 bridgehead atoms. The Bertz CT molecular complexity index is 422. The lowest BCUT2D eigenvalue weighted by molar-refractivity contribution is -0.134. The van der Waals surface area contributed by atoms with Crippen molar-refractivity contribution in [1.29, 1.82) is 5.41 Å². The molecule has 20 heavy (non-hydrogen) atoms. The zero-order valence-corrected chi connectivity index (χ0v) is 11.9. The summed E-state index contributed by atoms with van der Waals surface area (Å²) in [6.07, 6.45) is 3.45. The van der Waals surface area contributed by atoms with Crippen LogP contribution >= 0.6 is 0 Å².